The molecule has 0 aliphatic heterocycles. The van der Waals surface area contributed by atoms with E-state index in [0.717, 1.165) is 36.1 Å². The lowest BCUT2D eigenvalue weighted by molar-refractivity contribution is 0.102. The fourth-order valence-corrected chi connectivity index (χ4v) is 4.24. The summed E-state index contributed by atoms with van der Waals surface area (Å²) >= 11 is 0. The van der Waals surface area contributed by atoms with Gasteiger partial charge in [0.15, 0.2) is 9.84 Å². The molecule has 0 aliphatic carbocycles. The lowest BCUT2D eigenvalue weighted by Crippen LogP contribution is -2.20. The molecule has 2 aromatic heterocycles. The average Bonchev–Trinajstić information content (AvgIpc) is 3.23. The molecule has 0 spiro atoms. The summed E-state index contributed by atoms with van der Waals surface area (Å²) in [5.41, 5.74) is 4.39. The molecule has 7 nitrogen and oxygen atoms in total. The van der Waals surface area contributed by atoms with Gasteiger partial charge in [-0.05, 0) is 61.0 Å². The quantitative estimate of drug-likeness (QED) is 0.384. The number of nitrogens with zero attached hydrogens (tertiary/aromatic N) is 2. The number of carbonyl (C=O) groups excluding carboxylic acids is 1. The average molecular weight is 463 g/mol. The molecule has 0 saturated carbocycles. The van der Waals surface area contributed by atoms with Crippen LogP contribution in [0.5, 0.6) is 0 Å². The van der Waals surface area contributed by atoms with Crippen molar-refractivity contribution in [3.63, 3.8) is 0 Å². The van der Waals surface area contributed by atoms with Crippen molar-refractivity contribution in [3.05, 3.63) is 84.2 Å². The summed E-state index contributed by atoms with van der Waals surface area (Å²) < 4.78 is 25.9. The van der Waals surface area contributed by atoms with Crippen LogP contribution in [0.1, 0.15) is 29.3 Å². The summed E-state index contributed by atoms with van der Waals surface area (Å²) in [7, 11) is -3.37. The van der Waals surface area contributed by atoms with Gasteiger partial charge in [0.05, 0.1) is 10.6 Å². The third-order valence-electron chi connectivity index (χ3n) is 5.29. The van der Waals surface area contributed by atoms with Crippen molar-refractivity contribution in [2.45, 2.75) is 24.8 Å². The third-order valence-corrected chi connectivity index (χ3v) is 6.40. The summed E-state index contributed by atoms with van der Waals surface area (Å²) in [6.07, 6.45) is 6.01. The molecule has 2 heterocycles. The zero-order valence-corrected chi connectivity index (χ0v) is 19.4. The van der Waals surface area contributed by atoms with E-state index < -0.39 is 9.84 Å². The van der Waals surface area contributed by atoms with Crippen molar-refractivity contribution in [1.29, 1.82) is 0 Å². The van der Waals surface area contributed by atoms with Crippen molar-refractivity contribution >= 4 is 27.1 Å². The van der Waals surface area contributed by atoms with Gasteiger partial charge < -0.3 is 15.0 Å². The van der Waals surface area contributed by atoms with Crippen LogP contribution in [0.3, 0.4) is 0 Å². The molecule has 0 aliphatic rings. The number of carbonyl (C=O) groups is 1. The number of imidazole rings is 1. The number of aromatic nitrogens is 2. The van der Waals surface area contributed by atoms with Gasteiger partial charge in [0, 0.05) is 42.0 Å². The number of sulfone groups is 1. The van der Waals surface area contributed by atoms with Gasteiger partial charge in [0.25, 0.3) is 5.91 Å². The molecule has 1 amide bonds. The molecule has 170 valence electrons. The highest BCUT2D eigenvalue weighted by atomic mass is 32.2. The van der Waals surface area contributed by atoms with Gasteiger partial charge in [-0.3, -0.25) is 4.79 Å². The molecule has 0 saturated heterocycles. The van der Waals surface area contributed by atoms with Gasteiger partial charge in [0.1, 0.15) is 5.65 Å². The number of amides is 1. The van der Waals surface area contributed by atoms with E-state index in [1.54, 1.807) is 12.1 Å². The normalized spacial score (nSPS) is 11.6. The minimum atomic E-state index is -3.37. The van der Waals surface area contributed by atoms with E-state index in [0.29, 0.717) is 23.4 Å². The van der Waals surface area contributed by atoms with Crippen LogP contribution in [0.4, 0.5) is 5.69 Å². The second-order valence-corrected chi connectivity index (χ2v) is 9.91. The Morgan fingerprint density at radius 2 is 1.85 bits per heavy atom. The maximum Gasteiger partial charge on any atom is 0.255 e. The number of pyridine rings is 1. The van der Waals surface area contributed by atoms with Crippen LogP contribution in [-0.4, -0.2) is 36.5 Å². The zero-order valence-electron chi connectivity index (χ0n) is 18.6. The monoisotopic (exact) mass is 462 g/mol. The standard InChI is InChI=1S/C25H26N4O3S/c1-3-13-26-16-19-15-21(33(2,31)32)11-12-22(19)25(30)27-20-9-7-18(8-10-20)23-17-29-14-5-4-6-24(29)28-23/h4-12,14-15,17,26H,3,13,16H2,1-2H3,(H,27,30). The van der Waals surface area contributed by atoms with E-state index in [1.807, 2.05) is 66.2 Å². The van der Waals surface area contributed by atoms with E-state index in [-0.39, 0.29) is 10.8 Å². The highest BCUT2D eigenvalue weighted by molar-refractivity contribution is 7.90. The van der Waals surface area contributed by atoms with E-state index >= 15 is 0 Å². The first-order chi connectivity index (χ1) is 15.8. The number of hydrogen-bond donors (Lipinski definition) is 2. The van der Waals surface area contributed by atoms with Crippen LogP contribution in [0.2, 0.25) is 0 Å². The highest BCUT2D eigenvalue weighted by Gasteiger charge is 2.16. The van der Waals surface area contributed by atoms with Crippen LogP contribution in [-0.2, 0) is 16.4 Å². The van der Waals surface area contributed by atoms with Crippen LogP contribution in [0.25, 0.3) is 16.9 Å². The molecular formula is C25H26N4O3S. The Kier molecular flexibility index (Phi) is 6.57. The van der Waals surface area contributed by atoms with Crippen molar-refractivity contribution in [1.82, 2.24) is 14.7 Å². The Bertz CT molecular complexity index is 1360. The van der Waals surface area contributed by atoms with E-state index in [2.05, 4.69) is 15.6 Å². The molecule has 0 fully saturated rings. The minimum Gasteiger partial charge on any atom is -0.322 e. The minimum absolute atomic E-state index is 0.198. The van der Waals surface area contributed by atoms with Crippen LogP contribution < -0.4 is 10.6 Å². The third kappa shape index (κ3) is 5.30. The van der Waals surface area contributed by atoms with E-state index in [9.17, 15) is 13.2 Å². The Hall–Kier alpha value is -3.49. The van der Waals surface area contributed by atoms with Crippen molar-refractivity contribution in [3.8, 4) is 11.3 Å². The molecular weight excluding hydrogens is 436 g/mol. The maximum atomic E-state index is 13.0. The van der Waals surface area contributed by atoms with Gasteiger partial charge >= 0.3 is 0 Å². The van der Waals surface area contributed by atoms with Crippen molar-refractivity contribution in [2.75, 3.05) is 18.1 Å². The maximum absolute atomic E-state index is 13.0. The van der Waals surface area contributed by atoms with Crippen LogP contribution >= 0.6 is 0 Å². The fourth-order valence-electron chi connectivity index (χ4n) is 3.56. The molecule has 4 rings (SSSR count). The lowest BCUT2D eigenvalue weighted by Gasteiger charge is -2.13. The van der Waals surface area contributed by atoms with Crippen molar-refractivity contribution in [2.24, 2.45) is 0 Å². The SMILES string of the molecule is CCCNCc1cc(S(C)(=O)=O)ccc1C(=O)Nc1ccc(-c2cn3ccccc3n2)cc1. The lowest BCUT2D eigenvalue weighted by atomic mass is 10.1. The van der Waals surface area contributed by atoms with Crippen LogP contribution in [0.15, 0.2) is 78.0 Å². The number of nitrogens with one attached hydrogen (secondary N) is 2. The molecule has 2 N–H and O–H groups in total. The molecule has 33 heavy (non-hydrogen) atoms. The number of anilines is 1. The Balaban J connectivity index is 1.54. The van der Waals surface area contributed by atoms with Gasteiger partial charge in [-0.15, -0.1) is 0 Å². The van der Waals surface area contributed by atoms with Gasteiger partial charge in [-0.2, -0.15) is 0 Å². The molecule has 8 heteroatoms. The summed E-state index contributed by atoms with van der Waals surface area (Å²) in [4.78, 5) is 17.8. The first-order valence-electron chi connectivity index (χ1n) is 10.7. The Labute approximate surface area is 193 Å². The predicted octanol–water partition coefficient (Wildman–Crippen LogP) is 4.16. The summed E-state index contributed by atoms with van der Waals surface area (Å²) in [6, 6.07) is 17.9. The number of fused-ring (bicyclic) bond motifs is 1. The Morgan fingerprint density at radius 3 is 2.55 bits per heavy atom. The molecule has 4 aromatic rings. The zero-order chi connectivity index (χ0) is 23.4. The Morgan fingerprint density at radius 1 is 1.06 bits per heavy atom. The summed E-state index contributed by atoms with van der Waals surface area (Å²) in [5, 5.41) is 6.15. The molecule has 0 atom stereocenters. The van der Waals surface area contributed by atoms with E-state index in [4.69, 9.17) is 0 Å². The predicted molar refractivity (Wildman–Crippen MR) is 130 cm³/mol. The second kappa shape index (κ2) is 9.56. The largest absolute Gasteiger partial charge is 0.322 e. The topological polar surface area (TPSA) is 92.6 Å². The number of hydrogen-bond acceptors (Lipinski definition) is 5. The molecule has 0 unspecified atom stereocenters. The first-order valence-corrected chi connectivity index (χ1v) is 12.6. The summed E-state index contributed by atoms with van der Waals surface area (Å²) in [6.45, 7) is 3.23. The first kappa shape index (κ1) is 22.7. The number of benzene rings is 2. The van der Waals surface area contributed by atoms with Crippen molar-refractivity contribution < 1.29 is 13.2 Å². The van der Waals surface area contributed by atoms with E-state index in [1.165, 1.54) is 6.07 Å². The van der Waals surface area contributed by atoms with Crippen LogP contribution in [0, 0.1) is 0 Å². The number of rotatable bonds is 8. The fraction of sp³-hybridized carbons (Fsp3) is 0.200. The highest BCUT2D eigenvalue weighted by Crippen LogP contribution is 2.23. The van der Waals surface area contributed by atoms with Gasteiger partial charge in [0.2, 0.25) is 0 Å². The second-order valence-electron chi connectivity index (χ2n) is 7.89. The molecule has 0 bridgehead atoms. The molecule has 0 radical (unpaired) electrons. The van der Waals surface area contributed by atoms with Gasteiger partial charge in [-0.1, -0.05) is 25.1 Å². The van der Waals surface area contributed by atoms with Gasteiger partial charge in [-0.25, -0.2) is 13.4 Å². The smallest absolute Gasteiger partial charge is 0.255 e. The summed E-state index contributed by atoms with van der Waals surface area (Å²) in [5.74, 6) is -0.288. The molecule has 2 aromatic carbocycles.